The maximum absolute atomic E-state index is 13.6. The Balaban J connectivity index is 1.79. The number of carbonyl (C=O) groups is 1. The first kappa shape index (κ1) is 21.8. The van der Waals surface area contributed by atoms with E-state index in [-0.39, 0.29) is 17.0 Å². The highest BCUT2D eigenvalue weighted by Gasteiger charge is 2.37. The van der Waals surface area contributed by atoms with E-state index in [2.05, 4.69) is 27.3 Å². The molecule has 168 valence electrons. The number of halogens is 1. The van der Waals surface area contributed by atoms with Gasteiger partial charge in [-0.2, -0.15) is 5.26 Å². The molecule has 34 heavy (non-hydrogen) atoms. The van der Waals surface area contributed by atoms with Gasteiger partial charge in [0.25, 0.3) is 11.5 Å². The highest BCUT2D eigenvalue weighted by atomic mass is 79.9. The Labute approximate surface area is 204 Å². The van der Waals surface area contributed by atoms with Crippen LogP contribution in [0.1, 0.15) is 17.4 Å². The normalized spacial score (nSPS) is 15.8. The van der Waals surface area contributed by atoms with Crippen molar-refractivity contribution < 1.29 is 13.6 Å². The number of furan rings is 2. The number of hydrogen-bond donors (Lipinski definition) is 2. The fourth-order valence-corrected chi connectivity index (χ4v) is 5.16. The molecule has 1 amide bonds. The summed E-state index contributed by atoms with van der Waals surface area (Å²) in [6, 6.07) is 15.9. The first-order valence-electron chi connectivity index (χ1n) is 9.99. The van der Waals surface area contributed by atoms with Crippen LogP contribution in [0.25, 0.3) is 17.5 Å². The number of thiazole rings is 1. The minimum Gasteiger partial charge on any atom is -0.468 e. The van der Waals surface area contributed by atoms with Gasteiger partial charge in [0.15, 0.2) is 0 Å². The third-order valence-electron chi connectivity index (χ3n) is 5.26. The summed E-state index contributed by atoms with van der Waals surface area (Å²) in [5.74, 6) is -0.570. The zero-order valence-electron chi connectivity index (χ0n) is 17.3. The van der Waals surface area contributed by atoms with E-state index in [4.69, 9.17) is 14.6 Å². The zero-order valence-corrected chi connectivity index (χ0v) is 19.7. The van der Waals surface area contributed by atoms with Crippen LogP contribution in [0.3, 0.4) is 0 Å². The van der Waals surface area contributed by atoms with E-state index >= 15 is 0 Å². The minimum absolute atomic E-state index is 0.0422. The van der Waals surface area contributed by atoms with Gasteiger partial charge in [0.05, 0.1) is 40.2 Å². The zero-order chi connectivity index (χ0) is 23.8. The third kappa shape index (κ3) is 3.71. The van der Waals surface area contributed by atoms with Crippen molar-refractivity contribution >= 4 is 56.3 Å². The summed E-state index contributed by atoms with van der Waals surface area (Å²) in [6.07, 6.45) is 4.52. The Kier molecular flexibility index (Phi) is 5.57. The number of aromatic nitrogens is 1. The topological polar surface area (TPSA) is 127 Å². The molecule has 8 nitrogen and oxygen atoms in total. The number of nitrogens with two attached hydrogens (primary N) is 1. The Bertz CT molecular complexity index is 1640. The molecule has 0 bridgehead atoms. The fourth-order valence-electron chi connectivity index (χ4n) is 3.74. The number of benzene rings is 1. The van der Waals surface area contributed by atoms with Crippen LogP contribution >= 0.6 is 27.3 Å². The molecule has 3 aromatic heterocycles. The molecular weight excluding hydrogens is 520 g/mol. The molecule has 0 spiro atoms. The van der Waals surface area contributed by atoms with E-state index < -0.39 is 17.4 Å². The first-order chi connectivity index (χ1) is 16.5. The van der Waals surface area contributed by atoms with Crippen molar-refractivity contribution in [3.05, 3.63) is 102 Å². The number of nitrogens with one attached hydrogen (secondary N) is 1. The maximum Gasteiger partial charge on any atom is 0.274 e. The van der Waals surface area contributed by atoms with Crippen molar-refractivity contribution in [3.8, 4) is 6.07 Å². The number of allylic oxidation sites excluding steroid dienone is 1. The van der Waals surface area contributed by atoms with Gasteiger partial charge in [-0.05, 0) is 48.5 Å². The first-order valence-corrected chi connectivity index (χ1v) is 11.6. The largest absolute Gasteiger partial charge is 0.468 e. The lowest BCUT2D eigenvalue weighted by atomic mass is 9.87. The number of nitrogens with zero attached hydrogens (tertiary/aromatic N) is 2. The van der Waals surface area contributed by atoms with Crippen molar-refractivity contribution in [2.24, 2.45) is 5.73 Å². The van der Waals surface area contributed by atoms with E-state index in [1.54, 1.807) is 54.6 Å². The van der Waals surface area contributed by atoms with Gasteiger partial charge in [0.2, 0.25) is 0 Å². The monoisotopic (exact) mass is 534 g/mol. The van der Waals surface area contributed by atoms with Gasteiger partial charge < -0.3 is 19.9 Å². The lowest BCUT2D eigenvalue weighted by Crippen LogP contribution is -2.40. The Morgan fingerprint density at radius 3 is 2.56 bits per heavy atom. The van der Waals surface area contributed by atoms with Gasteiger partial charge in [-0.1, -0.05) is 15.9 Å². The summed E-state index contributed by atoms with van der Waals surface area (Å²) in [7, 11) is 0. The Morgan fingerprint density at radius 2 is 1.91 bits per heavy atom. The average molecular weight is 535 g/mol. The summed E-state index contributed by atoms with van der Waals surface area (Å²) in [5, 5.41) is 12.8. The number of amides is 1. The van der Waals surface area contributed by atoms with Crippen LogP contribution in [0.4, 0.5) is 5.69 Å². The molecule has 1 aromatic carbocycles. The summed E-state index contributed by atoms with van der Waals surface area (Å²) >= 11 is 4.46. The van der Waals surface area contributed by atoms with Crippen molar-refractivity contribution in [1.29, 1.82) is 5.26 Å². The maximum atomic E-state index is 13.6. The number of anilines is 1. The standard InChI is InChI=1S/C24H15BrN4O4S/c25-13-5-7-14(8-6-13)28-22(30)20-19(17-4-2-10-33-17)16(12-26)21(27)29-23(31)18(34-24(20)29)11-15-3-1-9-32-15/h1-11,19H,27H2,(H,28,30)/b18-11-. The Hall–Kier alpha value is -4.07. The molecule has 0 radical (unpaired) electrons. The average Bonchev–Trinajstić information content (AvgIpc) is 3.58. The predicted molar refractivity (Wildman–Crippen MR) is 131 cm³/mol. The summed E-state index contributed by atoms with van der Waals surface area (Å²) in [6.45, 7) is 0. The highest BCUT2D eigenvalue weighted by molar-refractivity contribution is 9.10. The van der Waals surface area contributed by atoms with Crippen LogP contribution in [-0.4, -0.2) is 10.5 Å². The molecule has 0 aliphatic carbocycles. The van der Waals surface area contributed by atoms with E-state index in [9.17, 15) is 14.9 Å². The van der Waals surface area contributed by atoms with E-state index in [1.165, 1.54) is 17.1 Å². The molecule has 0 saturated heterocycles. The van der Waals surface area contributed by atoms with Crippen LogP contribution in [0.2, 0.25) is 0 Å². The lowest BCUT2D eigenvalue weighted by Gasteiger charge is -2.23. The molecule has 1 aliphatic rings. The molecule has 1 atom stereocenters. The number of nitriles is 1. The van der Waals surface area contributed by atoms with E-state index in [0.717, 1.165) is 15.8 Å². The van der Waals surface area contributed by atoms with Gasteiger partial charge in [-0.15, -0.1) is 11.3 Å². The number of rotatable bonds is 4. The second-order valence-corrected chi connectivity index (χ2v) is 9.25. The van der Waals surface area contributed by atoms with Crippen LogP contribution in [-0.2, 0) is 4.79 Å². The SMILES string of the molecule is N#CC1=C(N)n2c(s/c(=C\c3ccco3)c2=O)=C(C(=O)Nc2ccc(Br)cc2)C1c1ccco1. The second-order valence-electron chi connectivity index (χ2n) is 7.31. The number of hydrogen-bond acceptors (Lipinski definition) is 7. The highest BCUT2D eigenvalue weighted by Crippen LogP contribution is 2.36. The number of fused-ring (bicyclic) bond motifs is 1. The minimum atomic E-state index is -0.884. The molecule has 10 heteroatoms. The van der Waals surface area contributed by atoms with Crippen molar-refractivity contribution in [2.75, 3.05) is 5.32 Å². The summed E-state index contributed by atoms with van der Waals surface area (Å²) in [4.78, 5) is 26.9. The quantitative estimate of drug-likeness (QED) is 0.414. The fraction of sp³-hybridized carbons (Fsp3) is 0.0417. The van der Waals surface area contributed by atoms with Crippen LogP contribution in [0, 0.1) is 11.3 Å². The van der Waals surface area contributed by atoms with Gasteiger partial charge >= 0.3 is 0 Å². The molecule has 4 heterocycles. The Morgan fingerprint density at radius 1 is 1.18 bits per heavy atom. The molecule has 1 aliphatic heterocycles. The van der Waals surface area contributed by atoms with Crippen molar-refractivity contribution in [2.45, 2.75) is 5.92 Å². The summed E-state index contributed by atoms with van der Waals surface area (Å²) in [5.41, 5.74) is 6.65. The van der Waals surface area contributed by atoms with Crippen LogP contribution in [0.15, 0.2) is 84.7 Å². The molecule has 5 rings (SSSR count). The molecular formula is C24H15BrN4O4S. The van der Waals surface area contributed by atoms with Gasteiger partial charge in [0, 0.05) is 16.2 Å². The number of carbonyl (C=O) groups excluding carboxylic acids is 1. The van der Waals surface area contributed by atoms with Gasteiger partial charge in [-0.3, -0.25) is 14.2 Å². The van der Waals surface area contributed by atoms with Gasteiger partial charge in [-0.25, -0.2) is 0 Å². The molecule has 3 N–H and O–H groups in total. The van der Waals surface area contributed by atoms with E-state index in [0.29, 0.717) is 26.4 Å². The molecule has 0 saturated carbocycles. The second kappa shape index (κ2) is 8.70. The smallest absolute Gasteiger partial charge is 0.274 e. The van der Waals surface area contributed by atoms with Crippen LogP contribution < -0.4 is 25.8 Å². The van der Waals surface area contributed by atoms with E-state index in [1.807, 2.05) is 0 Å². The van der Waals surface area contributed by atoms with Crippen molar-refractivity contribution in [3.63, 3.8) is 0 Å². The third-order valence-corrected chi connectivity index (χ3v) is 6.90. The summed E-state index contributed by atoms with van der Waals surface area (Å²) < 4.78 is 13.6. The van der Waals surface area contributed by atoms with Crippen LogP contribution in [0.5, 0.6) is 0 Å². The predicted octanol–water partition coefficient (Wildman–Crippen LogP) is 2.92. The van der Waals surface area contributed by atoms with Gasteiger partial charge in [0.1, 0.15) is 22.0 Å². The molecule has 4 aromatic rings. The molecule has 1 unspecified atom stereocenters. The molecule has 0 fully saturated rings. The van der Waals surface area contributed by atoms with Crippen molar-refractivity contribution in [1.82, 2.24) is 4.57 Å². The lowest BCUT2D eigenvalue weighted by molar-refractivity contribution is -0.111.